The van der Waals surface area contributed by atoms with E-state index in [0.29, 0.717) is 18.8 Å². The van der Waals surface area contributed by atoms with Crippen LogP contribution in [-0.4, -0.2) is 41.5 Å². The zero-order chi connectivity index (χ0) is 20.2. The predicted octanol–water partition coefficient (Wildman–Crippen LogP) is 2.72. The van der Waals surface area contributed by atoms with Crippen molar-refractivity contribution in [3.8, 4) is 0 Å². The molecule has 0 unspecified atom stereocenters. The van der Waals surface area contributed by atoms with Crippen molar-refractivity contribution in [1.29, 1.82) is 0 Å². The van der Waals surface area contributed by atoms with Crippen molar-refractivity contribution < 1.29 is 13.2 Å². The molecule has 0 aliphatic rings. The maximum absolute atomic E-state index is 12.5. The van der Waals surface area contributed by atoms with E-state index < -0.39 is 10.0 Å². The lowest BCUT2D eigenvalue weighted by Gasteiger charge is -2.18. The van der Waals surface area contributed by atoms with E-state index in [1.54, 1.807) is 36.7 Å². The lowest BCUT2D eigenvalue weighted by atomic mass is 10.2. The van der Waals surface area contributed by atoms with E-state index in [4.69, 9.17) is 0 Å². The van der Waals surface area contributed by atoms with Gasteiger partial charge in [-0.15, -0.1) is 0 Å². The Morgan fingerprint density at radius 2 is 1.78 bits per heavy atom. The Labute approximate surface area is 160 Å². The second-order valence-corrected chi connectivity index (χ2v) is 8.08. The van der Waals surface area contributed by atoms with Crippen LogP contribution in [0.5, 0.6) is 0 Å². The molecule has 27 heavy (non-hydrogen) atoms. The molecule has 0 spiro atoms. The number of hydrogen-bond donors (Lipinski definition) is 1. The van der Waals surface area contributed by atoms with E-state index in [-0.39, 0.29) is 10.8 Å². The number of aryl methyl sites for hydroxylation is 2. The summed E-state index contributed by atoms with van der Waals surface area (Å²) >= 11 is 0. The molecule has 2 aromatic rings. The zero-order valence-corrected chi connectivity index (χ0v) is 17.2. The van der Waals surface area contributed by atoms with Crippen LogP contribution >= 0.6 is 0 Å². The second kappa shape index (κ2) is 8.49. The number of anilines is 1. The summed E-state index contributed by atoms with van der Waals surface area (Å²) in [6, 6.07) is 6.18. The highest BCUT2D eigenvalue weighted by atomic mass is 32.2. The van der Waals surface area contributed by atoms with Crippen LogP contribution in [0, 0.1) is 13.8 Å². The van der Waals surface area contributed by atoms with Gasteiger partial charge in [-0.3, -0.25) is 9.48 Å². The van der Waals surface area contributed by atoms with Gasteiger partial charge in [0.1, 0.15) is 0 Å². The van der Waals surface area contributed by atoms with Crippen LogP contribution in [0.25, 0.3) is 6.08 Å². The van der Waals surface area contributed by atoms with E-state index in [2.05, 4.69) is 10.4 Å². The van der Waals surface area contributed by atoms with E-state index >= 15 is 0 Å². The van der Waals surface area contributed by atoms with Gasteiger partial charge in [-0.1, -0.05) is 13.8 Å². The van der Waals surface area contributed by atoms with Crippen LogP contribution < -0.4 is 5.32 Å². The Morgan fingerprint density at radius 1 is 1.19 bits per heavy atom. The third kappa shape index (κ3) is 4.64. The fourth-order valence-corrected chi connectivity index (χ4v) is 4.25. The molecule has 1 heterocycles. The molecule has 0 atom stereocenters. The topological polar surface area (TPSA) is 84.3 Å². The number of hydrogen-bond acceptors (Lipinski definition) is 4. The lowest BCUT2D eigenvalue weighted by molar-refractivity contribution is -0.111. The number of carbonyl (C=O) groups is 1. The van der Waals surface area contributed by atoms with Crippen molar-refractivity contribution in [1.82, 2.24) is 14.1 Å². The summed E-state index contributed by atoms with van der Waals surface area (Å²) in [5.41, 5.74) is 3.27. The number of aromatic nitrogens is 2. The molecule has 1 aromatic carbocycles. The van der Waals surface area contributed by atoms with Gasteiger partial charge in [0.2, 0.25) is 15.9 Å². The fraction of sp³-hybridized carbons (Fsp3) is 0.368. The van der Waals surface area contributed by atoms with Gasteiger partial charge >= 0.3 is 0 Å². The number of benzene rings is 1. The molecule has 0 saturated carbocycles. The SMILES string of the molecule is CCN(CC)S(=O)(=O)c1ccc(NC(=O)/C=C/c2c(C)nn(C)c2C)cc1. The Kier molecular flexibility index (Phi) is 6.56. The van der Waals surface area contributed by atoms with Gasteiger partial charge in [-0.25, -0.2) is 8.42 Å². The second-order valence-electron chi connectivity index (χ2n) is 6.14. The van der Waals surface area contributed by atoms with Crippen molar-refractivity contribution in [2.24, 2.45) is 7.05 Å². The van der Waals surface area contributed by atoms with Crippen molar-refractivity contribution >= 4 is 27.7 Å². The number of nitrogens with one attached hydrogen (secondary N) is 1. The highest BCUT2D eigenvalue weighted by molar-refractivity contribution is 7.89. The molecule has 8 heteroatoms. The molecule has 2 rings (SSSR count). The minimum Gasteiger partial charge on any atom is -0.323 e. The van der Waals surface area contributed by atoms with Gasteiger partial charge in [0.05, 0.1) is 10.6 Å². The number of amides is 1. The Hall–Kier alpha value is -2.45. The number of rotatable bonds is 7. The third-order valence-electron chi connectivity index (χ3n) is 4.43. The highest BCUT2D eigenvalue weighted by Gasteiger charge is 2.21. The predicted molar refractivity (Wildman–Crippen MR) is 107 cm³/mol. The molecule has 0 radical (unpaired) electrons. The van der Waals surface area contributed by atoms with E-state index in [1.165, 1.54) is 22.5 Å². The minimum absolute atomic E-state index is 0.210. The summed E-state index contributed by atoms with van der Waals surface area (Å²) in [6.45, 7) is 8.25. The van der Waals surface area contributed by atoms with Crippen molar-refractivity contribution in [3.63, 3.8) is 0 Å². The Bertz CT molecular complexity index is 940. The van der Waals surface area contributed by atoms with Crippen LogP contribution in [0.3, 0.4) is 0 Å². The molecule has 0 aliphatic carbocycles. The molecule has 1 N–H and O–H groups in total. The molecule has 0 saturated heterocycles. The quantitative estimate of drug-likeness (QED) is 0.737. The average molecular weight is 391 g/mol. The fourth-order valence-electron chi connectivity index (χ4n) is 2.80. The van der Waals surface area contributed by atoms with Gasteiger partial charge < -0.3 is 5.32 Å². The average Bonchev–Trinajstić information content (AvgIpc) is 2.86. The maximum atomic E-state index is 12.5. The molecule has 0 fully saturated rings. The number of sulfonamides is 1. The Morgan fingerprint density at radius 3 is 2.26 bits per heavy atom. The minimum atomic E-state index is -3.50. The van der Waals surface area contributed by atoms with Crippen molar-refractivity contribution in [3.05, 3.63) is 47.3 Å². The monoisotopic (exact) mass is 390 g/mol. The first kappa shape index (κ1) is 20.9. The molecular weight excluding hydrogens is 364 g/mol. The molecule has 1 aromatic heterocycles. The van der Waals surface area contributed by atoms with Gasteiger partial charge in [-0.2, -0.15) is 9.40 Å². The summed E-state index contributed by atoms with van der Waals surface area (Å²) < 4.78 is 28.1. The summed E-state index contributed by atoms with van der Waals surface area (Å²) in [4.78, 5) is 12.4. The number of carbonyl (C=O) groups excluding carboxylic acids is 1. The highest BCUT2D eigenvalue weighted by Crippen LogP contribution is 2.18. The van der Waals surface area contributed by atoms with Crippen LogP contribution in [0.2, 0.25) is 0 Å². The van der Waals surface area contributed by atoms with Crippen LogP contribution in [0.1, 0.15) is 30.8 Å². The van der Waals surface area contributed by atoms with Crippen LogP contribution in [0.15, 0.2) is 35.2 Å². The summed E-state index contributed by atoms with van der Waals surface area (Å²) in [7, 11) is -1.65. The van der Waals surface area contributed by atoms with Gasteiger partial charge in [0, 0.05) is 43.2 Å². The lowest BCUT2D eigenvalue weighted by Crippen LogP contribution is -2.30. The van der Waals surface area contributed by atoms with E-state index in [0.717, 1.165) is 17.0 Å². The maximum Gasteiger partial charge on any atom is 0.248 e. The smallest absolute Gasteiger partial charge is 0.248 e. The summed E-state index contributed by atoms with van der Waals surface area (Å²) in [6.07, 6.45) is 3.17. The standard InChI is InChI=1S/C19H26N4O3S/c1-6-23(7-2)27(25,26)17-10-8-16(9-11-17)20-19(24)13-12-18-14(3)21-22(5)15(18)4/h8-13H,6-7H2,1-5H3,(H,20,24)/b13-12+. The van der Waals surface area contributed by atoms with Gasteiger partial charge in [0.25, 0.3) is 0 Å². The molecule has 0 aliphatic heterocycles. The normalized spacial score (nSPS) is 12.1. The summed E-state index contributed by atoms with van der Waals surface area (Å²) in [5.74, 6) is -0.294. The third-order valence-corrected chi connectivity index (χ3v) is 6.50. The van der Waals surface area contributed by atoms with E-state index in [1.807, 2.05) is 20.9 Å². The van der Waals surface area contributed by atoms with Crippen LogP contribution in [-0.2, 0) is 21.9 Å². The number of nitrogens with zero attached hydrogens (tertiary/aromatic N) is 3. The molecular formula is C19H26N4O3S. The van der Waals surface area contributed by atoms with Gasteiger partial charge in [-0.05, 0) is 44.2 Å². The van der Waals surface area contributed by atoms with Crippen LogP contribution in [0.4, 0.5) is 5.69 Å². The Balaban J connectivity index is 2.10. The van der Waals surface area contributed by atoms with Crippen molar-refractivity contribution in [2.45, 2.75) is 32.6 Å². The molecule has 7 nitrogen and oxygen atoms in total. The summed E-state index contributed by atoms with van der Waals surface area (Å²) in [5, 5.41) is 7.04. The molecule has 146 valence electrons. The first-order valence-electron chi connectivity index (χ1n) is 8.80. The zero-order valence-electron chi connectivity index (χ0n) is 16.4. The van der Waals surface area contributed by atoms with E-state index in [9.17, 15) is 13.2 Å². The molecule has 0 bridgehead atoms. The largest absolute Gasteiger partial charge is 0.323 e. The molecule has 1 amide bonds. The van der Waals surface area contributed by atoms with Crippen molar-refractivity contribution in [2.75, 3.05) is 18.4 Å². The first-order valence-corrected chi connectivity index (χ1v) is 10.2. The first-order chi connectivity index (χ1) is 12.7. The van der Waals surface area contributed by atoms with Gasteiger partial charge in [0.15, 0.2) is 0 Å².